The Bertz CT molecular complexity index is 528. The van der Waals surface area contributed by atoms with Gasteiger partial charge in [-0.15, -0.1) is 11.8 Å². The van der Waals surface area contributed by atoms with Crippen molar-refractivity contribution in [2.45, 2.75) is 29.6 Å². The van der Waals surface area contributed by atoms with Crippen LogP contribution in [-0.2, 0) is 14.8 Å². The predicted molar refractivity (Wildman–Crippen MR) is 74.9 cm³/mol. The van der Waals surface area contributed by atoms with Crippen molar-refractivity contribution in [1.82, 2.24) is 4.72 Å². The molecule has 0 aliphatic carbocycles. The van der Waals surface area contributed by atoms with Crippen molar-refractivity contribution in [2.75, 3.05) is 12.3 Å². The first-order chi connectivity index (χ1) is 8.97. The van der Waals surface area contributed by atoms with Gasteiger partial charge in [-0.05, 0) is 18.6 Å². The molecule has 2 N–H and O–H groups in total. The SMILES string of the molecule is CCCNS(=O)(=O)c1ccccc1SCCC(=O)O. The first kappa shape index (κ1) is 16.0. The summed E-state index contributed by atoms with van der Waals surface area (Å²) in [7, 11) is -3.52. The van der Waals surface area contributed by atoms with E-state index >= 15 is 0 Å². The van der Waals surface area contributed by atoms with Crippen LogP contribution in [0.5, 0.6) is 0 Å². The van der Waals surface area contributed by atoms with Gasteiger partial charge in [0.05, 0.1) is 11.3 Å². The molecule has 0 bridgehead atoms. The van der Waals surface area contributed by atoms with Crippen molar-refractivity contribution in [1.29, 1.82) is 0 Å². The summed E-state index contributed by atoms with van der Waals surface area (Å²) in [5.41, 5.74) is 0. The third-order valence-corrected chi connectivity index (χ3v) is 4.98. The molecule has 0 saturated carbocycles. The Morgan fingerprint density at radius 2 is 2.05 bits per heavy atom. The summed E-state index contributed by atoms with van der Waals surface area (Å²) in [6, 6.07) is 6.61. The number of benzene rings is 1. The van der Waals surface area contributed by atoms with Gasteiger partial charge in [-0.25, -0.2) is 13.1 Å². The highest BCUT2D eigenvalue weighted by atomic mass is 32.2. The van der Waals surface area contributed by atoms with Crippen molar-refractivity contribution in [3.05, 3.63) is 24.3 Å². The molecule has 0 spiro atoms. The van der Waals surface area contributed by atoms with E-state index in [1.165, 1.54) is 17.8 Å². The van der Waals surface area contributed by atoms with Gasteiger partial charge in [-0.1, -0.05) is 19.1 Å². The van der Waals surface area contributed by atoms with Gasteiger partial charge in [0, 0.05) is 17.2 Å². The maximum atomic E-state index is 12.1. The molecule has 0 radical (unpaired) electrons. The molecule has 0 aliphatic rings. The highest BCUT2D eigenvalue weighted by molar-refractivity contribution is 8.00. The van der Waals surface area contributed by atoms with Crippen molar-refractivity contribution >= 4 is 27.8 Å². The third kappa shape index (κ3) is 5.22. The topological polar surface area (TPSA) is 83.5 Å². The molecule has 0 heterocycles. The summed E-state index contributed by atoms with van der Waals surface area (Å²) in [4.78, 5) is 11.3. The molecule has 1 rings (SSSR count). The number of sulfonamides is 1. The standard InChI is InChI=1S/C12H17NO4S2/c1-2-8-13-19(16,17)11-6-4-3-5-10(11)18-9-7-12(14)15/h3-6,13H,2,7-9H2,1H3,(H,14,15). The number of carboxylic acid groups (broad SMARTS) is 1. The number of aliphatic carboxylic acids is 1. The van der Waals surface area contributed by atoms with Gasteiger partial charge < -0.3 is 5.11 Å². The van der Waals surface area contributed by atoms with Crippen molar-refractivity contribution in [2.24, 2.45) is 0 Å². The average molecular weight is 303 g/mol. The molecular formula is C12H17NO4S2. The number of nitrogens with one attached hydrogen (secondary N) is 1. The second kappa shape index (κ2) is 7.52. The zero-order chi connectivity index (χ0) is 14.3. The van der Waals surface area contributed by atoms with Crippen LogP contribution in [0.15, 0.2) is 34.1 Å². The van der Waals surface area contributed by atoms with E-state index in [-0.39, 0.29) is 11.3 Å². The van der Waals surface area contributed by atoms with E-state index in [4.69, 9.17) is 5.11 Å². The Hall–Kier alpha value is -1.05. The van der Waals surface area contributed by atoms with E-state index < -0.39 is 16.0 Å². The molecule has 0 amide bonds. The number of carbonyl (C=O) groups is 1. The van der Waals surface area contributed by atoms with Crippen LogP contribution in [0, 0.1) is 0 Å². The highest BCUT2D eigenvalue weighted by Crippen LogP contribution is 2.26. The maximum absolute atomic E-state index is 12.1. The van der Waals surface area contributed by atoms with Crippen molar-refractivity contribution in [3.8, 4) is 0 Å². The summed E-state index contributed by atoms with van der Waals surface area (Å²) in [5.74, 6) is -0.549. The number of carboxylic acids is 1. The van der Waals surface area contributed by atoms with Crippen molar-refractivity contribution in [3.63, 3.8) is 0 Å². The number of hydrogen-bond donors (Lipinski definition) is 2. The largest absolute Gasteiger partial charge is 0.481 e. The Morgan fingerprint density at radius 3 is 2.68 bits per heavy atom. The van der Waals surface area contributed by atoms with E-state index in [1.54, 1.807) is 18.2 Å². The fourth-order valence-corrected chi connectivity index (χ4v) is 3.96. The van der Waals surface area contributed by atoms with Gasteiger partial charge in [0.2, 0.25) is 10.0 Å². The van der Waals surface area contributed by atoms with Crippen LogP contribution in [0.2, 0.25) is 0 Å². The molecule has 0 atom stereocenters. The average Bonchev–Trinajstić information content (AvgIpc) is 2.36. The molecule has 19 heavy (non-hydrogen) atoms. The fraction of sp³-hybridized carbons (Fsp3) is 0.417. The molecule has 5 nitrogen and oxygen atoms in total. The minimum atomic E-state index is -3.52. The second-order valence-corrected chi connectivity index (χ2v) is 6.71. The normalized spacial score (nSPS) is 11.4. The van der Waals surface area contributed by atoms with Crippen LogP contribution in [0.1, 0.15) is 19.8 Å². The van der Waals surface area contributed by atoms with Gasteiger partial charge >= 0.3 is 5.97 Å². The number of thioether (sulfide) groups is 1. The maximum Gasteiger partial charge on any atom is 0.304 e. The molecule has 0 fully saturated rings. The van der Waals surface area contributed by atoms with Crippen LogP contribution < -0.4 is 4.72 Å². The summed E-state index contributed by atoms with van der Waals surface area (Å²) in [6.45, 7) is 2.27. The first-order valence-electron chi connectivity index (χ1n) is 5.90. The second-order valence-electron chi connectivity index (χ2n) is 3.84. The van der Waals surface area contributed by atoms with E-state index in [9.17, 15) is 13.2 Å². The van der Waals surface area contributed by atoms with Gasteiger partial charge in [-0.2, -0.15) is 0 Å². The molecule has 106 valence electrons. The predicted octanol–water partition coefficient (Wildman–Crippen LogP) is 1.94. The summed E-state index contributed by atoms with van der Waals surface area (Å²) in [6.07, 6.45) is 0.717. The Morgan fingerprint density at radius 1 is 1.37 bits per heavy atom. The van der Waals surface area contributed by atoms with Crippen LogP contribution in [0.4, 0.5) is 0 Å². The minimum absolute atomic E-state index is 0.00143. The molecular weight excluding hydrogens is 286 g/mol. The van der Waals surface area contributed by atoms with E-state index in [1.807, 2.05) is 6.92 Å². The summed E-state index contributed by atoms with van der Waals surface area (Å²) < 4.78 is 26.6. The van der Waals surface area contributed by atoms with Gasteiger partial charge in [0.15, 0.2) is 0 Å². The molecule has 1 aromatic carbocycles. The molecule has 0 unspecified atom stereocenters. The third-order valence-electron chi connectivity index (χ3n) is 2.25. The lowest BCUT2D eigenvalue weighted by atomic mass is 10.4. The summed E-state index contributed by atoms with van der Waals surface area (Å²) >= 11 is 1.24. The number of rotatable bonds is 8. The Labute approximate surface area is 117 Å². The molecule has 0 aromatic heterocycles. The Balaban J connectivity index is 2.86. The van der Waals surface area contributed by atoms with E-state index in [2.05, 4.69) is 4.72 Å². The van der Waals surface area contributed by atoms with Crippen LogP contribution >= 0.6 is 11.8 Å². The minimum Gasteiger partial charge on any atom is -0.481 e. The molecule has 0 saturated heterocycles. The van der Waals surface area contributed by atoms with Gasteiger partial charge in [0.25, 0.3) is 0 Å². The molecule has 7 heteroatoms. The quantitative estimate of drug-likeness (QED) is 0.717. The monoisotopic (exact) mass is 303 g/mol. The van der Waals surface area contributed by atoms with E-state index in [0.717, 1.165) is 0 Å². The molecule has 1 aromatic rings. The smallest absolute Gasteiger partial charge is 0.304 e. The fourth-order valence-electron chi connectivity index (χ4n) is 1.35. The lowest BCUT2D eigenvalue weighted by Crippen LogP contribution is -2.24. The lowest BCUT2D eigenvalue weighted by Gasteiger charge is -2.10. The molecule has 0 aliphatic heterocycles. The van der Waals surface area contributed by atoms with Crippen molar-refractivity contribution < 1.29 is 18.3 Å². The Kier molecular flexibility index (Phi) is 6.33. The van der Waals surface area contributed by atoms with Crippen LogP contribution in [0.25, 0.3) is 0 Å². The van der Waals surface area contributed by atoms with E-state index in [0.29, 0.717) is 23.6 Å². The zero-order valence-corrected chi connectivity index (χ0v) is 12.3. The summed E-state index contributed by atoms with van der Waals surface area (Å²) in [5, 5.41) is 8.59. The van der Waals surface area contributed by atoms with Crippen LogP contribution in [-0.4, -0.2) is 31.8 Å². The van der Waals surface area contributed by atoms with Gasteiger partial charge in [-0.3, -0.25) is 4.79 Å². The van der Waals surface area contributed by atoms with Gasteiger partial charge in [0.1, 0.15) is 0 Å². The lowest BCUT2D eigenvalue weighted by molar-refractivity contribution is -0.136. The highest BCUT2D eigenvalue weighted by Gasteiger charge is 2.17. The first-order valence-corrected chi connectivity index (χ1v) is 8.37. The zero-order valence-electron chi connectivity index (χ0n) is 10.6. The van der Waals surface area contributed by atoms with Crippen LogP contribution in [0.3, 0.4) is 0 Å². The number of hydrogen-bond acceptors (Lipinski definition) is 4.